The van der Waals surface area contributed by atoms with E-state index in [2.05, 4.69) is 31.8 Å². The zero-order chi connectivity index (χ0) is 26.7. The van der Waals surface area contributed by atoms with E-state index < -0.39 is 8.07 Å². The van der Waals surface area contributed by atoms with Gasteiger partial charge < -0.3 is 0 Å². The van der Waals surface area contributed by atoms with Gasteiger partial charge in [-0.25, -0.2) is 0 Å². The molecule has 0 atom stereocenters. The predicted octanol–water partition coefficient (Wildman–Crippen LogP) is 5.28. The van der Waals surface area contributed by atoms with Crippen LogP contribution < -0.4 is 18.7 Å². The Kier molecular flexibility index (Phi) is 11.1. The van der Waals surface area contributed by atoms with Crippen molar-refractivity contribution < 1.29 is 28.5 Å². The Morgan fingerprint density at radius 1 is 0.892 bits per heavy atom. The van der Waals surface area contributed by atoms with Gasteiger partial charge in [-0.15, -0.1) is 0 Å². The monoisotopic (exact) mass is 588 g/mol. The number of hydrogen-bond donors (Lipinski definition) is 0. The third-order valence-electron chi connectivity index (χ3n) is 5.48. The Bertz CT molecular complexity index is 1130. The first-order valence-electron chi connectivity index (χ1n) is 12.2. The molecule has 0 radical (unpaired) electrons. The summed E-state index contributed by atoms with van der Waals surface area (Å²) in [5.74, 6) is 1.46. The van der Waals surface area contributed by atoms with Crippen molar-refractivity contribution in [1.82, 2.24) is 0 Å². The molecule has 0 spiro atoms. The molecule has 0 bridgehead atoms. The molecule has 0 amide bonds. The Hall–Kier alpha value is -2.77. The molecular formula is C29H36O6SeSi. The van der Waals surface area contributed by atoms with Crippen molar-refractivity contribution >= 4 is 33.5 Å². The molecule has 0 saturated carbocycles. The van der Waals surface area contributed by atoms with E-state index in [0.717, 1.165) is 22.9 Å². The first-order valence-corrected chi connectivity index (χ1v) is 18.0. The van der Waals surface area contributed by atoms with Crippen LogP contribution in [0.1, 0.15) is 21.5 Å². The number of methoxy groups -OCH3 is 2. The zero-order valence-corrected chi connectivity index (χ0v) is 25.0. The van der Waals surface area contributed by atoms with E-state index in [1.165, 1.54) is 4.46 Å². The summed E-state index contributed by atoms with van der Waals surface area (Å²) in [7, 11) is 1.85. The Labute approximate surface area is 227 Å². The number of benzene rings is 3. The minimum atomic E-state index is -1.34. The van der Waals surface area contributed by atoms with E-state index in [1.54, 1.807) is 20.3 Å². The summed E-state index contributed by atoms with van der Waals surface area (Å²) in [5.41, 5.74) is 2.30. The van der Waals surface area contributed by atoms with Crippen molar-refractivity contribution in [3.8, 4) is 17.2 Å². The number of rotatable bonds is 14. The normalized spacial score (nSPS) is 11.2. The van der Waals surface area contributed by atoms with Gasteiger partial charge in [-0.1, -0.05) is 0 Å². The van der Waals surface area contributed by atoms with Crippen molar-refractivity contribution in [3.05, 3.63) is 83.4 Å². The molecule has 3 rings (SSSR count). The Morgan fingerprint density at radius 2 is 1.62 bits per heavy atom. The standard InChI is InChI=1S/C29H36O6SeSi/c1-31-21-35-27-18-25(34-19-22-11-13-24(32-2)14-12-22)17-23(20-36-26-9-7-6-8-10-26)28(27)29(30)33-15-16-37(3,4)5/h6-14,17-18H,15-16,19-21H2,1-5H3. The molecule has 0 saturated heterocycles. The van der Waals surface area contributed by atoms with Crippen LogP contribution in [-0.4, -0.2) is 56.6 Å². The number of carbonyl (C=O) groups excluding carboxylic acids is 1. The van der Waals surface area contributed by atoms with Gasteiger partial charge in [0.05, 0.1) is 0 Å². The van der Waals surface area contributed by atoms with Crippen LogP contribution in [0.4, 0.5) is 0 Å². The van der Waals surface area contributed by atoms with Gasteiger partial charge in [0, 0.05) is 0 Å². The van der Waals surface area contributed by atoms with Crippen LogP contribution in [0.3, 0.4) is 0 Å². The van der Waals surface area contributed by atoms with Gasteiger partial charge in [0.15, 0.2) is 0 Å². The quantitative estimate of drug-likeness (QED) is 0.145. The molecule has 6 nitrogen and oxygen atoms in total. The van der Waals surface area contributed by atoms with Crippen LogP contribution >= 0.6 is 0 Å². The average molecular weight is 588 g/mol. The van der Waals surface area contributed by atoms with Crippen LogP contribution in [0, 0.1) is 0 Å². The Balaban J connectivity index is 1.89. The molecule has 0 unspecified atom stereocenters. The SMILES string of the molecule is COCOc1cc(OCc2ccc(OC)cc2)cc(C[Se]c2ccccc2)c1C(=O)OCC[Si](C)(C)C. The molecular weight excluding hydrogens is 551 g/mol. The van der Waals surface area contributed by atoms with Gasteiger partial charge in [-0.3, -0.25) is 0 Å². The average Bonchev–Trinajstić information content (AvgIpc) is 2.89. The fraction of sp³-hybridized carbons (Fsp3) is 0.345. The molecule has 0 aliphatic carbocycles. The van der Waals surface area contributed by atoms with Gasteiger partial charge in [0.2, 0.25) is 0 Å². The molecule has 198 valence electrons. The first-order chi connectivity index (χ1) is 17.8. The summed E-state index contributed by atoms with van der Waals surface area (Å²) in [6.45, 7) is 7.57. The third-order valence-corrected chi connectivity index (χ3v) is 9.41. The van der Waals surface area contributed by atoms with E-state index in [9.17, 15) is 4.79 Å². The summed E-state index contributed by atoms with van der Waals surface area (Å²) >= 11 is 0.113. The van der Waals surface area contributed by atoms with E-state index in [1.807, 2.05) is 48.5 Å². The number of carbonyl (C=O) groups is 1. The van der Waals surface area contributed by atoms with Crippen molar-refractivity contribution in [2.75, 3.05) is 27.6 Å². The summed E-state index contributed by atoms with van der Waals surface area (Å²) in [6.07, 6.45) is 0. The second-order valence-corrected chi connectivity index (χ2v) is 17.5. The van der Waals surface area contributed by atoms with Gasteiger partial charge in [-0.05, 0) is 0 Å². The molecule has 0 aromatic heterocycles. The second kappa shape index (κ2) is 14.2. The summed E-state index contributed by atoms with van der Waals surface area (Å²) in [6, 6.07) is 22.6. The zero-order valence-electron chi connectivity index (χ0n) is 22.2. The number of hydrogen-bond acceptors (Lipinski definition) is 6. The first kappa shape index (κ1) is 28.8. The number of esters is 1. The third kappa shape index (κ3) is 9.56. The topological polar surface area (TPSA) is 63.2 Å². The van der Waals surface area contributed by atoms with Gasteiger partial charge in [-0.2, -0.15) is 0 Å². The van der Waals surface area contributed by atoms with Crippen LogP contribution in [0.15, 0.2) is 66.7 Å². The molecule has 0 aliphatic rings. The molecule has 0 fully saturated rings. The van der Waals surface area contributed by atoms with E-state index in [0.29, 0.717) is 35.6 Å². The van der Waals surface area contributed by atoms with Gasteiger partial charge in [0.25, 0.3) is 0 Å². The second-order valence-electron chi connectivity index (χ2n) is 9.69. The van der Waals surface area contributed by atoms with Gasteiger partial charge >= 0.3 is 228 Å². The molecule has 3 aromatic carbocycles. The summed E-state index contributed by atoms with van der Waals surface area (Å²) in [5, 5.41) is 0.693. The molecule has 37 heavy (non-hydrogen) atoms. The van der Waals surface area contributed by atoms with E-state index in [-0.39, 0.29) is 27.7 Å². The summed E-state index contributed by atoms with van der Waals surface area (Å²) in [4.78, 5) is 13.3. The van der Waals surface area contributed by atoms with Crippen LogP contribution in [-0.2, 0) is 21.4 Å². The molecule has 0 aliphatic heterocycles. The fourth-order valence-corrected chi connectivity index (χ4v) is 6.00. The molecule has 8 heteroatoms. The van der Waals surface area contributed by atoms with Gasteiger partial charge in [0.1, 0.15) is 0 Å². The van der Waals surface area contributed by atoms with E-state index in [4.69, 9.17) is 23.7 Å². The Morgan fingerprint density at radius 3 is 2.27 bits per heavy atom. The van der Waals surface area contributed by atoms with Crippen molar-refractivity contribution in [2.24, 2.45) is 0 Å². The van der Waals surface area contributed by atoms with Crippen molar-refractivity contribution in [3.63, 3.8) is 0 Å². The van der Waals surface area contributed by atoms with Crippen LogP contribution in [0.2, 0.25) is 25.7 Å². The molecule has 3 aromatic rings. The maximum atomic E-state index is 13.3. The van der Waals surface area contributed by atoms with Crippen LogP contribution in [0.25, 0.3) is 0 Å². The number of ether oxygens (including phenoxy) is 5. The minimum absolute atomic E-state index is 0.0143. The molecule has 0 N–H and O–H groups in total. The fourth-order valence-electron chi connectivity index (χ4n) is 3.40. The predicted molar refractivity (Wildman–Crippen MR) is 150 cm³/mol. The maximum absolute atomic E-state index is 13.3. The van der Waals surface area contributed by atoms with Crippen LogP contribution in [0.5, 0.6) is 17.2 Å². The molecule has 0 heterocycles. The van der Waals surface area contributed by atoms with Crippen molar-refractivity contribution in [1.29, 1.82) is 0 Å². The summed E-state index contributed by atoms with van der Waals surface area (Å²) < 4.78 is 29.4. The van der Waals surface area contributed by atoms with E-state index >= 15 is 0 Å². The van der Waals surface area contributed by atoms with Crippen molar-refractivity contribution in [2.45, 2.75) is 37.6 Å².